The van der Waals surface area contributed by atoms with Gasteiger partial charge in [-0.1, -0.05) is 0 Å². The maximum atomic E-state index is 5.96. The summed E-state index contributed by atoms with van der Waals surface area (Å²) >= 11 is 0. The molecule has 0 spiro atoms. The van der Waals surface area contributed by atoms with Crippen molar-refractivity contribution in [3.8, 4) is 0 Å². The van der Waals surface area contributed by atoms with E-state index in [2.05, 4.69) is 16.1 Å². The number of nitrogens with zero attached hydrogens (tertiary/aromatic N) is 2. The number of aryl methyl sites for hydroxylation is 1. The SMILES string of the molecule is NC1CCc2nc(CC3CCCN3)cn2C1. The van der Waals surface area contributed by atoms with Gasteiger partial charge in [-0.3, -0.25) is 0 Å². The molecular formula is C12H20N4. The summed E-state index contributed by atoms with van der Waals surface area (Å²) in [6.45, 7) is 2.11. The van der Waals surface area contributed by atoms with Crippen molar-refractivity contribution in [2.75, 3.05) is 6.54 Å². The second-order valence-corrected chi connectivity index (χ2v) is 5.10. The zero-order valence-electron chi connectivity index (χ0n) is 9.65. The van der Waals surface area contributed by atoms with Crippen LogP contribution in [0.4, 0.5) is 0 Å². The highest BCUT2D eigenvalue weighted by Gasteiger charge is 2.20. The van der Waals surface area contributed by atoms with Gasteiger partial charge in [0.15, 0.2) is 0 Å². The van der Waals surface area contributed by atoms with Crippen molar-refractivity contribution in [1.29, 1.82) is 0 Å². The monoisotopic (exact) mass is 220 g/mol. The van der Waals surface area contributed by atoms with Crippen LogP contribution in [0.3, 0.4) is 0 Å². The summed E-state index contributed by atoms with van der Waals surface area (Å²) in [7, 11) is 0. The lowest BCUT2D eigenvalue weighted by Crippen LogP contribution is -2.31. The van der Waals surface area contributed by atoms with Gasteiger partial charge in [-0.2, -0.15) is 0 Å². The van der Waals surface area contributed by atoms with Crippen LogP contribution in [0.25, 0.3) is 0 Å². The molecule has 1 fully saturated rings. The van der Waals surface area contributed by atoms with Crippen molar-refractivity contribution in [1.82, 2.24) is 14.9 Å². The van der Waals surface area contributed by atoms with Crippen LogP contribution in [0.5, 0.6) is 0 Å². The van der Waals surface area contributed by atoms with E-state index in [1.54, 1.807) is 0 Å². The van der Waals surface area contributed by atoms with E-state index >= 15 is 0 Å². The van der Waals surface area contributed by atoms with Gasteiger partial charge in [0, 0.05) is 37.7 Å². The van der Waals surface area contributed by atoms with Gasteiger partial charge in [0.2, 0.25) is 0 Å². The molecule has 3 N–H and O–H groups in total. The third-order valence-corrected chi connectivity index (χ3v) is 3.70. The highest BCUT2D eigenvalue weighted by Crippen LogP contribution is 2.17. The smallest absolute Gasteiger partial charge is 0.109 e. The van der Waals surface area contributed by atoms with Crippen molar-refractivity contribution in [2.45, 2.75) is 50.7 Å². The minimum atomic E-state index is 0.319. The molecule has 3 heterocycles. The second-order valence-electron chi connectivity index (χ2n) is 5.10. The molecule has 16 heavy (non-hydrogen) atoms. The normalized spacial score (nSPS) is 29.3. The predicted octanol–water partition coefficient (Wildman–Crippen LogP) is 0.451. The molecule has 0 bridgehead atoms. The van der Waals surface area contributed by atoms with Gasteiger partial charge in [0.1, 0.15) is 5.82 Å². The Morgan fingerprint density at radius 1 is 1.50 bits per heavy atom. The zero-order chi connectivity index (χ0) is 11.0. The summed E-state index contributed by atoms with van der Waals surface area (Å²) in [5.74, 6) is 1.23. The molecule has 0 aliphatic carbocycles. The van der Waals surface area contributed by atoms with E-state index in [1.807, 2.05) is 0 Å². The van der Waals surface area contributed by atoms with Crippen molar-refractivity contribution in [3.05, 3.63) is 17.7 Å². The Morgan fingerprint density at radius 3 is 3.25 bits per heavy atom. The first kappa shape index (κ1) is 10.3. The van der Waals surface area contributed by atoms with E-state index in [4.69, 9.17) is 10.7 Å². The van der Waals surface area contributed by atoms with Crippen LogP contribution < -0.4 is 11.1 Å². The lowest BCUT2D eigenvalue weighted by atomic mass is 10.1. The van der Waals surface area contributed by atoms with E-state index in [9.17, 15) is 0 Å². The Balaban J connectivity index is 1.71. The molecule has 2 unspecified atom stereocenters. The third-order valence-electron chi connectivity index (χ3n) is 3.70. The highest BCUT2D eigenvalue weighted by atomic mass is 15.1. The molecule has 4 heteroatoms. The lowest BCUT2D eigenvalue weighted by Gasteiger charge is -2.19. The van der Waals surface area contributed by atoms with E-state index in [1.165, 1.54) is 30.9 Å². The fraction of sp³-hybridized carbons (Fsp3) is 0.750. The van der Waals surface area contributed by atoms with Crippen LogP contribution in [0.2, 0.25) is 0 Å². The Morgan fingerprint density at radius 2 is 2.44 bits per heavy atom. The van der Waals surface area contributed by atoms with Crippen LogP contribution in [0, 0.1) is 0 Å². The summed E-state index contributed by atoms with van der Waals surface area (Å²) in [6, 6.07) is 0.963. The summed E-state index contributed by atoms with van der Waals surface area (Å²) in [6.07, 6.45) is 8.01. The minimum Gasteiger partial charge on any atom is -0.333 e. The van der Waals surface area contributed by atoms with Gasteiger partial charge >= 0.3 is 0 Å². The molecule has 0 radical (unpaired) electrons. The minimum absolute atomic E-state index is 0.319. The number of fused-ring (bicyclic) bond motifs is 1. The van der Waals surface area contributed by atoms with Gasteiger partial charge in [0.05, 0.1) is 5.69 Å². The Kier molecular flexibility index (Phi) is 2.69. The number of nitrogens with one attached hydrogen (secondary N) is 1. The van der Waals surface area contributed by atoms with Crippen LogP contribution in [0.15, 0.2) is 6.20 Å². The van der Waals surface area contributed by atoms with E-state index in [-0.39, 0.29) is 0 Å². The van der Waals surface area contributed by atoms with E-state index in [0.29, 0.717) is 12.1 Å². The molecule has 3 rings (SSSR count). The fourth-order valence-electron chi connectivity index (χ4n) is 2.81. The topological polar surface area (TPSA) is 55.9 Å². The Hall–Kier alpha value is -0.870. The number of nitrogens with two attached hydrogens (primary N) is 1. The molecule has 2 atom stereocenters. The quantitative estimate of drug-likeness (QED) is 0.761. The molecule has 2 aliphatic heterocycles. The van der Waals surface area contributed by atoms with Crippen molar-refractivity contribution in [3.63, 3.8) is 0 Å². The molecule has 88 valence electrons. The molecule has 0 saturated carbocycles. The van der Waals surface area contributed by atoms with Gasteiger partial charge in [-0.25, -0.2) is 4.98 Å². The van der Waals surface area contributed by atoms with Crippen molar-refractivity contribution < 1.29 is 0 Å². The molecule has 0 amide bonds. The van der Waals surface area contributed by atoms with Crippen LogP contribution in [0.1, 0.15) is 30.8 Å². The zero-order valence-corrected chi connectivity index (χ0v) is 9.65. The van der Waals surface area contributed by atoms with E-state index < -0.39 is 0 Å². The number of rotatable bonds is 2. The fourth-order valence-corrected chi connectivity index (χ4v) is 2.81. The Bertz CT molecular complexity index is 365. The van der Waals surface area contributed by atoms with Gasteiger partial charge in [0.25, 0.3) is 0 Å². The molecule has 2 aliphatic rings. The molecule has 1 saturated heterocycles. The third kappa shape index (κ3) is 1.99. The summed E-state index contributed by atoms with van der Waals surface area (Å²) in [5, 5.41) is 3.52. The number of hydrogen-bond acceptors (Lipinski definition) is 3. The maximum Gasteiger partial charge on any atom is 0.109 e. The largest absolute Gasteiger partial charge is 0.333 e. The summed E-state index contributed by atoms with van der Waals surface area (Å²) < 4.78 is 2.25. The van der Waals surface area contributed by atoms with Crippen LogP contribution >= 0.6 is 0 Å². The molecule has 4 nitrogen and oxygen atoms in total. The summed E-state index contributed by atoms with van der Waals surface area (Å²) in [5.41, 5.74) is 7.20. The van der Waals surface area contributed by atoms with E-state index in [0.717, 1.165) is 25.8 Å². The first-order valence-corrected chi connectivity index (χ1v) is 6.35. The van der Waals surface area contributed by atoms with Gasteiger partial charge in [-0.05, 0) is 25.8 Å². The van der Waals surface area contributed by atoms with Crippen LogP contribution in [-0.2, 0) is 19.4 Å². The number of hydrogen-bond donors (Lipinski definition) is 2. The second kappa shape index (κ2) is 4.18. The van der Waals surface area contributed by atoms with Crippen LogP contribution in [-0.4, -0.2) is 28.2 Å². The average molecular weight is 220 g/mol. The predicted molar refractivity (Wildman–Crippen MR) is 63.3 cm³/mol. The molecule has 1 aromatic heterocycles. The molecule has 1 aromatic rings. The maximum absolute atomic E-state index is 5.96. The number of aromatic nitrogens is 2. The van der Waals surface area contributed by atoms with Crippen molar-refractivity contribution >= 4 is 0 Å². The number of imidazole rings is 1. The standard InChI is InChI=1S/C12H20N4/c13-9-3-4-12-15-11(8-16(12)7-9)6-10-2-1-5-14-10/h8-10,14H,1-7,13H2. The van der Waals surface area contributed by atoms with Crippen molar-refractivity contribution in [2.24, 2.45) is 5.73 Å². The molecular weight excluding hydrogens is 200 g/mol. The Labute approximate surface area is 96.2 Å². The van der Waals surface area contributed by atoms with Gasteiger partial charge in [-0.15, -0.1) is 0 Å². The highest BCUT2D eigenvalue weighted by molar-refractivity contribution is 5.09. The average Bonchev–Trinajstić information content (AvgIpc) is 2.86. The first-order chi connectivity index (χ1) is 7.81. The van der Waals surface area contributed by atoms with Gasteiger partial charge < -0.3 is 15.6 Å². The lowest BCUT2D eigenvalue weighted by molar-refractivity contribution is 0.453. The summed E-state index contributed by atoms with van der Waals surface area (Å²) in [4.78, 5) is 4.72. The first-order valence-electron chi connectivity index (χ1n) is 6.35. The molecule has 0 aromatic carbocycles.